The van der Waals surface area contributed by atoms with E-state index >= 15 is 0 Å². The molecule has 2 rings (SSSR count). The molecule has 10 heteroatoms. The monoisotopic (exact) mass is 461 g/mol. The number of ether oxygens (including phenoxy) is 1. The van der Waals surface area contributed by atoms with Crippen LogP contribution in [0.4, 0.5) is 22.2 Å². The highest BCUT2D eigenvalue weighted by molar-refractivity contribution is 14.1. The fourth-order valence-electron chi connectivity index (χ4n) is 1.69. The molecule has 1 heterocycles. The van der Waals surface area contributed by atoms with Gasteiger partial charge in [0.25, 0.3) is 0 Å². The van der Waals surface area contributed by atoms with Crippen LogP contribution in [0, 0.1) is 3.57 Å². The number of benzene rings is 1. The number of anilines is 3. The summed E-state index contributed by atoms with van der Waals surface area (Å²) in [5.74, 6) is 1.16. The van der Waals surface area contributed by atoms with Crippen molar-refractivity contribution in [1.82, 2.24) is 9.97 Å². The van der Waals surface area contributed by atoms with Crippen molar-refractivity contribution in [2.24, 2.45) is 4.36 Å². The molecule has 0 aliphatic rings. The number of nitrogens with zero attached hydrogens (tertiary/aromatic N) is 3. The van der Waals surface area contributed by atoms with Crippen LogP contribution in [0.2, 0.25) is 0 Å². The van der Waals surface area contributed by atoms with Crippen molar-refractivity contribution in [3.63, 3.8) is 0 Å². The number of nitrogens with one attached hydrogen (secondary N) is 2. The fourth-order valence-corrected chi connectivity index (χ4v) is 2.94. The van der Waals surface area contributed by atoms with E-state index in [1.54, 1.807) is 44.4 Å². The third kappa shape index (κ3) is 5.03. The zero-order valence-corrected chi connectivity index (χ0v) is 16.0. The minimum absolute atomic E-state index is 0.193. The van der Waals surface area contributed by atoms with Crippen molar-refractivity contribution >= 4 is 56.7 Å². The maximum Gasteiger partial charge on any atom is 0.441 e. The largest absolute Gasteiger partial charge is 0.448 e. The van der Waals surface area contributed by atoms with Crippen LogP contribution < -0.4 is 10.6 Å². The molecule has 0 aliphatic carbocycles. The van der Waals surface area contributed by atoms with Gasteiger partial charge in [0.1, 0.15) is 5.82 Å². The van der Waals surface area contributed by atoms with E-state index in [1.165, 1.54) is 0 Å². The lowest BCUT2D eigenvalue weighted by Gasteiger charge is -2.08. The zero-order chi connectivity index (χ0) is 17.5. The summed E-state index contributed by atoms with van der Waals surface area (Å²) in [6.07, 6.45) is 0.873. The lowest BCUT2D eigenvalue weighted by atomic mass is 10.3. The summed E-state index contributed by atoms with van der Waals surface area (Å²) < 4.78 is 21.0. The Balaban J connectivity index is 2.12. The lowest BCUT2D eigenvalue weighted by molar-refractivity contribution is 0.164. The van der Waals surface area contributed by atoms with Gasteiger partial charge in [-0.1, -0.05) is 0 Å². The van der Waals surface area contributed by atoms with Gasteiger partial charge in [-0.25, -0.2) is 14.0 Å². The van der Waals surface area contributed by atoms with Crippen LogP contribution in [-0.4, -0.2) is 33.9 Å². The normalized spacial score (nSPS) is 11.8. The molecule has 2 aromatic rings. The molecular weight excluding hydrogens is 445 g/mol. The number of hydrogen-bond donors (Lipinski definition) is 3. The summed E-state index contributed by atoms with van der Waals surface area (Å²) >= 11 is 2.14. The highest BCUT2D eigenvalue weighted by atomic mass is 127. The summed E-state index contributed by atoms with van der Waals surface area (Å²) in [7, 11) is -0.396. The van der Waals surface area contributed by atoms with Crippen LogP contribution >= 0.6 is 22.6 Å². The molecule has 128 valence electrons. The number of hydrogen-bond acceptors (Lipinski definition) is 7. The number of carbonyl (C=O) groups is 1. The first-order valence-electron chi connectivity index (χ1n) is 6.96. The predicted octanol–water partition coefficient (Wildman–Crippen LogP) is 3.05. The zero-order valence-electron chi connectivity index (χ0n) is 13.0. The molecule has 2 N–H and O–H groups in total. The molecule has 0 saturated carbocycles. The maximum atomic E-state index is 11.9. The average Bonchev–Trinajstić information content (AvgIpc) is 2.57. The first-order chi connectivity index (χ1) is 11.5. The smallest absolute Gasteiger partial charge is 0.441 e. The van der Waals surface area contributed by atoms with Gasteiger partial charge in [-0.05, 0) is 53.8 Å². The predicted molar refractivity (Wildman–Crippen MR) is 101 cm³/mol. The number of thiol groups is 1. The standard InChI is InChI=1S/C14H16IN5O3S/c1-3-23-14(21)20-24(22)10-6-4-9(5-7-10)18-13-17-8-11(15)12(16-2)19-13/h4-8,24H,3H2,1-2H3,(H2,16,17,18,19). The van der Waals surface area contributed by atoms with E-state index in [-0.39, 0.29) is 6.61 Å². The summed E-state index contributed by atoms with van der Waals surface area (Å²) in [6.45, 7) is 1.85. The highest BCUT2D eigenvalue weighted by Gasteiger charge is 2.04. The number of halogens is 1. The number of rotatable bonds is 5. The third-order valence-electron chi connectivity index (χ3n) is 2.77. The molecule has 0 spiro atoms. The molecule has 0 bridgehead atoms. The van der Waals surface area contributed by atoms with Crippen molar-refractivity contribution in [2.75, 3.05) is 24.3 Å². The second-order valence-electron chi connectivity index (χ2n) is 4.38. The Morgan fingerprint density at radius 1 is 1.38 bits per heavy atom. The topological polar surface area (TPSA) is 106 Å². The van der Waals surface area contributed by atoms with Crippen molar-refractivity contribution in [3.05, 3.63) is 34.0 Å². The average molecular weight is 461 g/mol. The lowest BCUT2D eigenvalue weighted by Crippen LogP contribution is -2.02. The van der Waals surface area contributed by atoms with E-state index in [2.05, 4.69) is 52.3 Å². The van der Waals surface area contributed by atoms with Crippen molar-refractivity contribution in [2.45, 2.75) is 11.8 Å². The minimum atomic E-state index is -2.18. The van der Waals surface area contributed by atoms with Crippen LogP contribution in [0.5, 0.6) is 0 Å². The fraction of sp³-hybridized carbons (Fsp3) is 0.214. The van der Waals surface area contributed by atoms with Crippen LogP contribution in [0.15, 0.2) is 39.7 Å². The number of carbonyl (C=O) groups excluding carboxylic acids is 1. The van der Waals surface area contributed by atoms with E-state index in [0.29, 0.717) is 10.8 Å². The van der Waals surface area contributed by atoms with E-state index in [4.69, 9.17) is 0 Å². The Kier molecular flexibility index (Phi) is 6.73. The Morgan fingerprint density at radius 3 is 2.71 bits per heavy atom. The van der Waals surface area contributed by atoms with Gasteiger partial charge in [0.15, 0.2) is 0 Å². The molecule has 1 unspecified atom stereocenters. The van der Waals surface area contributed by atoms with Gasteiger partial charge in [0.2, 0.25) is 5.95 Å². The molecule has 0 fully saturated rings. The van der Waals surface area contributed by atoms with Gasteiger partial charge in [-0.2, -0.15) is 4.98 Å². The molecule has 0 radical (unpaired) electrons. The maximum absolute atomic E-state index is 11.9. The molecular formula is C14H16IN5O3S. The van der Waals surface area contributed by atoms with Gasteiger partial charge in [-0.3, -0.25) is 0 Å². The van der Waals surface area contributed by atoms with Crippen LogP contribution in [0.3, 0.4) is 0 Å². The van der Waals surface area contributed by atoms with Crippen molar-refractivity contribution < 1.29 is 13.7 Å². The van der Waals surface area contributed by atoms with E-state index in [9.17, 15) is 9.00 Å². The third-order valence-corrected chi connectivity index (χ3v) is 4.64. The van der Waals surface area contributed by atoms with Gasteiger partial charge in [0.05, 0.1) is 20.8 Å². The summed E-state index contributed by atoms with van der Waals surface area (Å²) in [5, 5.41) is 6.03. The van der Waals surface area contributed by atoms with Gasteiger partial charge >= 0.3 is 6.09 Å². The first-order valence-corrected chi connectivity index (χ1v) is 9.25. The highest BCUT2D eigenvalue weighted by Crippen LogP contribution is 2.19. The van der Waals surface area contributed by atoms with Gasteiger partial charge in [0, 0.05) is 23.8 Å². The Hall–Kier alpha value is -1.95. The number of aromatic nitrogens is 2. The first kappa shape index (κ1) is 18.4. The summed E-state index contributed by atoms with van der Waals surface area (Å²) in [4.78, 5) is 20.2. The van der Waals surface area contributed by atoms with Crippen LogP contribution in [-0.2, 0) is 15.3 Å². The Labute approximate surface area is 154 Å². The molecule has 24 heavy (non-hydrogen) atoms. The second-order valence-corrected chi connectivity index (χ2v) is 6.81. The molecule has 1 amide bonds. The Bertz CT molecular complexity index is 807. The Morgan fingerprint density at radius 2 is 2.08 bits per heavy atom. The molecule has 0 aliphatic heterocycles. The van der Waals surface area contributed by atoms with E-state index in [1.807, 2.05) is 0 Å². The quantitative estimate of drug-likeness (QED) is 0.464. The van der Waals surface area contributed by atoms with Crippen molar-refractivity contribution in [1.29, 1.82) is 0 Å². The molecule has 0 saturated heterocycles. The van der Waals surface area contributed by atoms with E-state index < -0.39 is 16.7 Å². The summed E-state index contributed by atoms with van der Waals surface area (Å²) in [6, 6.07) is 6.66. The van der Waals surface area contributed by atoms with Crippen LogP contribution in [0.25, 0.3) is 0 Å². The number of amides is 1. The molecule has 1 aromatic carbocycles. The van der Waals surface area contributed by atoms with Gasteiger partial charge < -0.3 is 15.4 Å². The van der Waals surface area contributed by atoms with Crippen molar-refractivity contribution in [3.8, 4) is 0 Å². The summed E-state index contributed by atoms with van der Waals surface area (Å²) in [5.41, 5.74) is 0.724. The van der Waals surface area contributed by atoms with E-state index in [0.717, 1.165) is 15.1 Å². The van der Waals surface area contributed by atoms with Crippen LogP contribution in [0.1, 0.15) is 6.92 Å². The molecule has 1 atom stereocenters. The molecule has 1 aromatic heterocycles. The van der Waals surface area contributed by atoms with Gasteiger partial charge in [-0.15, -0.1) is 4.36 Å². The SMILES string of the molecule is CCOC(=O)/N=[SH](=O)/c1ccc(Nc2ncc(I)c(NC)n2)cc1. The second kappa shape index (κ2) is 8.78. The molecule has 8 nitrogen and oxygen atoms in total. The minimum Gasteiger partial charge on any atom is -0.448 e.